The Labute approximate surface area is 232 Å². The predicted octanol–water partition coefficient (Wildman–Crippen LogP) is 4.89. The second kappa shape index (κ2) is 11.4. The first-order chi connectivity index (χ1) is 17.4. The normalized spacial score (nSPS) is 23.3. The third kappa shape index (κ3) is 4.99. The molecule has 182 valence electrons. The van der Waals surface area contributed by atoms with Crippen LogP contribution >= 0.6 is 0 Å². The standard InChI is InChI=1S/C33H33N2.HI/c1-5-13-26(14-6-1)30-21-22-31(27-15-7-2-8-16-27)34(30)25-35-32(28-17-9-3-10-18-28)23-24-33(35)29-19-11-4-12-20-29;/h1-20,25,30-33H,21-24H2;1H/q+1;/p-1/t30-,31-,32-,33-;/m1./s1. The number of hydrogen-bond donors (Lipinski definition) is 0. The van der Waals surface area contributed by atoms with Crippen LogP contribution in [0.3, 0.4) is 0 Å². The van der Waals surface area contributed by atoms with Crippen molar-refractivity contribution >= 4 is 6.34 Å². The molecule has 4 atom stereocenters. The Morgan fingerprint density at radius 2 is 0.806 bits per heavy atom. The van der Waals surface area contributed by atoms with Gasteiger partial charge < -0.3 is 24.0 Å². The number of hydrogen-bond acceptors (Lipinski definition) is 0. The lowest BCUT2D eigenvalue weighted by molar-refractivity contribution is -0.590. The molecule has 3 heteroatoms. The van der Waals surface area contributed by atoms with Crippen molar-refractivity contribution in [3.63, 3.8) is 0 Å². The van der Waals surface area contributed by atoms with Crippen LogP contribution in [0.4, 0.5) is 0 Å². The van der Waals surface area contributed by atoms with Gasteiger partial charge in [0.2, 0.25) is 6.34 Å². The van der Waals surface area contributed by atoms with E-state index in [2.05, 4.69) is 137 Å². The summed E-state index contributed by atoms with van der Waals surface area (Å²) in [5, 5.41) is 0. The van der Waals surface area contributed by atoms with Gasteiger partial charge in [0.05, 0.1) is 0 Å². The summed E-state index contributed by atoms with van der Waals surface area (Å²) < 4.78 is 2.67. The molecule has 2 aliphatic heterocycles. The van der Waals surface area contributed by atoms with Crippen LogP contribution in [-0.2, 0) is 0 Å². The van der Waals surface area contributed by atoms with Crippen LogP contribution in [0.1, 0.15) is 72.1 Å². The molecule has 0 radical (unpaired) electrons. The first-order valence-electron chi connectivity index (χ1n) is 13.0. The van der Waals surface area contributed by atoms with Gasteiger partial charge in [0.25, 0.3) is 0 Å². The molecule has 0 aromatic heterocycles. The molecule has 0 amide bonds. The Hall–Kier alpha value is -2.92. The lowest BCUT2D eigenvalue weighted by Crippen LogP contribution is -3.00. The molecule has 6 rings (SSSR count). The zero-order valence-electron chi connectivity index (χ0n) is 20.5. The van der Waals surface area contributed by atoms with Crippen LogP contribution in [0.15, 0.2) is 121 Å². The molecule has 4 aromatic carbocycles. The van der Waals surface area contributed by atoms with E-state index in [1.165, 1.54) is 47.9 Å². The third-order valence-corrected chi connectivity index (χ3v) is 7.87. The fourth-order valence-corrected chi connectivity index (χ4v) is 6.19. The van der Waals surface area contributed by atoms with Gasteiger partial charge >= 0.3 is 0 Å². The van der Waals surface area contributed by atoms with Crippen molar-refractivity contribution in [2.75, 3.05) is 0 Å². The molecular weight excluding hydrogens is 551 g/mol. The van der Waals surface area contributed by atoms with Crippen LogP contribution in [0.25, 0.3) is 0 Å². The molecule has 0 aliphatic carbocycles. The maximum absolute atomic E-state index is 2.67. The summed E-state index contributed by atoms with van der Waals surface area (Å²) in [5.41, 5.74) is 5.64. The molecule has 4 aromatic rings. The molecule has 2 nitrogen and oxygen atoms in total. The van der Waals surface area contributed by atoms with Crippen molar-refractivity contribution in [2.24, 2.45) is 0 Å². The van der Waals surface area contributed by atoms with E-state index in [0.717, 1.165) is 0 Å². The number of benzene rings is 4. The largest absolute Gasteiger partial charge is 1.00 e. The van der Waals surface area contributed by atoms with E-state index in [4.69, 9.17) is 0 Å². The highest BCUT2D eigenvalue weighted by Crippen LogP contribution is 2.45. The lowest BCUT2D eigenvalue weighted by Gasteiger charge is -2.26. The molecule has 0 bridgehead atoms. The van der Waals surface area contributed by atoms with Crippen LogP contribution < -0.4 is 24.0 Å². The third-order valence-electron chi connectivity index (χ3n) is 7.87. The minimum absolute atomic E-state index is 0. The lowest BCUT2D eigenvalue weighted by atomic mass is 10.0. The second-order valence-electron chi connectivity index (χ2n) is 9.87. The fraction of sp³-hybridized carbons (Fsp3) is 0.242. The molecule has 2 aliphatic rings. The van der Waals surface area contributed by atoms with E-state index >= 15 is 0 Å². The minimum atomic E-state index is 0. The highest BCUT2D eigenvalue weighted by atomic mass is 127. The van der Waals surface area contributed by atoms with Crippen LogP contribution in [-0.4, -0.2) is 15.8 Å². The summed E-state index contributed by atoms with van der Waals surface area (Å²) in [6.45, 7) is 0. The molecular formula is C33H33IN2. The minimum Gasteiger partial charge on any atom is -1.00 e. The van der Waals surface area contributed by atoms with E-state index in [9.17, 15) is 0 Å². The van der Waals surface area contributed by atoms with Gasteiger partial charge in [-0.05, 0) is 47.9 Å². The molecule has 0 saturated carbocycles. The van der Waals surface area contributed by atoms with E-state index in [1.54, 1.807) is 0 Å². The fourth-order valence-electron chi connectivity index (χ4n) is 6.19. The maximum atomic E-state index is 2.67. The van der Waals surface area contributed by atoms with Gasteiger partial charge in [-0.1, -0.05) is 121 Å². The van der Waals surface area contributed by atoms with Crippen LogP contribution in [0, 0.1) is 0 Å². The maximum Gasteiger partial charge on any atom is 0.236 e. The molecule has 2 heterocycles. The Morgan fingerprint density at radius 1 is 0.472 bits per heavy atom. The molecule has 0 unspecified atom stereocenters. The molecule has 0 spiro atoms. The highest BCUT2D eigenvalue weighted by molar-refractivity contribution is 5.54. The average Bonchev–Trinajstić information content (AvgIpc) is 3.55. The molecule has 36 heavy (non-hydrogen) atoms. The summed E-state index contributed by atoms with van der Waals surface area (Å²) in [6.07, 6.45) is 7.17. The summed E-state index contributed by atoms with van der Waals surface area (Å²) >= 11 is 0. The Kier molecular flexibility index (Phi) is 7.86. The first kappa shape index (κ1) is 24.8. The summed E-state index contributed by atoms with van der Waals surface area (Å²) in [5.74, 6) is 0. The summed E-state index contributed by atoms with van der Waals surface area (Å²) in [4.78, 5) is 2.67. The zero-order valence-corrected chi connectivity index (χ0v) is 22.7. The second-order valence-corrected chi connectivity index (χ2v) is 9.87. The number of likely N-dealkylation sites (tertiary alicyclic amines) is 1. The number of rotatable bonds is 5. The van der Waals surface area contributed by atoms with E-state index in [0.29, 0.717) is 24.2 Å². The van der Waals surface area contributed by atoms with Gasteiger partial charge in [0.1, 0.15) is 24.2 Å². The molecule has 0 N–H and O–H groups in total. The van der Waals surface area contributed by atoms with Crippen LogP contribution in [0.2, 0.25) is 0 Å². The van der Waals surface area contributed by atoms with Crippen molar-refractivity contribution in [1.29, 1.82) is 0 Å². The smallest absolute Gasteiger partial charge is 0.236 e. The van der Waals surface area contributed by atoms with Crippen molar-refractivity contribution in [3.8, 4) is 0 Å². The number of nitrogens with zero attached hydrogens (tertiary/aromatic N) is 2. The summed E-state index contributed by atoms with van der Waals surface area (Å²) in [7, 11) is 0. The molecule has 2 saturated heterocycles. The van der Waals surface area contributed by atoms with E-state index in [1.807, 2.05) is 0 Å². The molecule has 2 fully saturated rings. The predicted molar refractivity (Wildman–Crippen MR) is 143 cm³/mol. The average molecular weight is 585 g/mol. The Morgan fingerprint density at radius 3 is 1.17 bits per heavy atom. The number of halogens is 1. The topological polar surface area (TPSA) is 6.25 Å². The van der Waals surface area contributed by atoms with Crippen molar-refractivity contribution < 1.29 is 28.6 Å². The van der Waals surface area contributed by atoms with Crippen molar-refractivity contribution in [1.82, 2.24) is 4.90 Å². The Bertz CT molecular complexity index is 1160. The van der Waals surface area contributed by atoms with E-state index in [-0.39, 0.29) is 24.0 Å². The van der Waals surface area contributed by atoms with Gasteiger partial charge in [-0.15, -0.1) is 0 Å². The Balaban J connectivity index is 0.00000267. The SMILES string of the molecule is C(N1[C@@H](c2ccccc2)CC[C@@H]1c1ccccc1)=[N+]1[C@@H](c2ccccc2)CC[C@@H]1c1ccccc1.[I-]. The summed E-state index contributed by atoms with van der Waals surface area (Å²) in [6, 6.07) is 45.8. The van der Waals surface area contributed by atoms with E-state index < -0.39 is 0 Å². The van der Waals surface area contributed by atoms with Crippen LogP contribution in [0.5, 0.6) is 0 Å². The van der Waals surface area contributed by atoms with Crippen molar-refractivity contribution in [2.45, 2.75) is 49.9 Å². The van der Waals surface area contributed by atoms with Gasteiger partial charge in [0.15, 0.2) is 0 Å². The van der Waals surface area contributed by atoms with Gasteiger partial charge in [0, 0.05) is 0 Å². The quantitative estimate of drug-likeness (QED) is 0.184. The highest BCUT2D eigenvalue weighted by Gasteiger charge is 2.42. The van der Waals surface area contributed by atoms with Crippen molar-refractivity contribution in [3.05, 3.63) is 144 Å². The zero-order chi connectivity index (χ0) is 23.5. The monoisotopic (exact) mass is 584 g/mol. The van der Waals surface area contributed by atoms with Gasteiger partial charge in [-0.25, -0.2) is 0 Å². The van der Waals surface area contributed by atoms with Gasteiger partial charge in [-0.2, -0.15) is 0 Å². The first-order valence-corrected chi connectivity index (χ1v) is 13.0. The van der Waals surface area contributed by atoms with Gasteiger partial charge in [-0.3, -0.25) is 9.48 Å².